The second kappa shape index (κ2) is 8.00. The van der Waals surface area contributed by atoms with Gasteiger partial charge in [0.1, 0.15) is 12.4 Å². The first-order valence-electron chi connectivity index (χ1n) is 6.76. The van der Waals surface area contributed by atoms with Gasteiger partial charge in [-0.2, -0.15) is 0 Å². The number of hydrogen-bond acceptors (Lipinski definition) is 4. The van der Waals surface area contributed by atoms with Crippen molar-refractivity contribution < 1.29 is 9.47 Å². The molecule has 4 nitrogen and oxygen atoms in total. The molecular weight excluding hydrogens is 332 g/mol. The first-order chi connectivity index (χ1) is 10.2. The standard InChI is InChI=1S/C16H19BrN2O2/c1-12-3-6-15(16(9-12)21-8-7-20-2)19-11-14-5-4-13(17)10-18-14/h3-6,9-10,19H,7-8,11H2,1-2H3. The molecule has 0 saturated carbocycles. The Morgan fingerprint density at radius 2 is 2.05 bits per heavy atom. The molecule has 0 aliphatic heterocycles. The Hall–Kier alpha value is -1.59. The van der Waals surface area contributed by atoms with Crippen LogP contribution in [0.3, 0.4) is 0 Å². The van der Waals surface area contributed by atoms with Gasteiger partial charge in [-0.15, -0.1) is 0 Å². The molecule has 0 fully saturated rings. The zero-order valence-corrected chi connectivity index (χ0v) is 13.8. The van der Waals surface area contributed by atoms with Crippen LogP contribution in [0, 0.1) is 6.92 Å². The molecule has 2 aromatic rings. The topological polar surface area (TPSA) is 43.4 Å². The van der Waals surface area contributed by atoms with Gasteiger partial charge in [0.15, 0.2) is 0 Å². The number of halogens is 1. The second-order valence-corrected chi connectivity index (χ2v) is 5.58. The lowest BCUT2D eigenvalue weighted by Gasteiger charge is -2.14. The summed E-state index contributed by atoms with van der Waals surface area (Å²) in [4.78, 5) is 4.35. The number of nitrogens with zero attached hydrogens (tertiary/aromatic N) is 1. The quantitative estimate of drug-likeness (QED) is 0.771. The Morgan fingerprint density at radius 3 is 2.76 bits per heavy atom. The summed E-state index contributed by atoms with van der Waals surface area (Å²) in [5, 5.41) is 3.36. The van der Waals surface area contributed by atoms with Crippen molar-refractivity contribution in [2.75, 3.05) is 25.6 Å². The van der Waals surface area contributed by atoms with E-state index in [1.165, 1.54) is 0 Å². The molecule has 5 heteroatoms. The third-order valence-corrected chi connectivity index (χ3v) is 3.40. The summed E-state index contributed by atoms with van der Waals surface area (Å²) in [6, 6.07) is 10.1. The SMILES string of the molecule is COCCOc1cc(C)ccc1NCc1ccc(Br)cn1. The minimum absolute atomic E-state index is 0.533. The Labute approximate surface area is 133 Å². The Balaban J connectivity index is 2.02. The van der Waals surface area contributed by atoms with E-state index >= 15 is 0 Å². The van der Waals surface area contributed by atoms with Gasteiger partial charge in [-0.25, -0.2) is 0 Å². The van der Waals surface area contributed by atoms with E-state index in [0.29, 0.717) is 19.8 Å². The smallest absolute Gasteiger partial charge is 0.142 e. The number of aryl methyl sites for hydroxylation is 1. The van der Waals surface area contributed by atoms with Crippen molar-refractivity contribution in [1.82, 2.24) is 4.98 Å². The summed E-state index contributed by atoms with van der Waals surface area (Å²) in [5.41, 5.74) is 3.10. The van der Waals surface area contributed by atoms with Gasteiger partial charge in [0.25, 0.3) is 0 Å². The molecule has 1 aromatic heterocycles. The van der Waals surface area contributed by atoms with E-state index in [1.54, 1.807) is 13.3 Å². The molecule has 1 heterocycles. The molecule has 0 saturated heterocycles. The predicted molar refractivity (Wildman–Crippen MR) is 87.8 cm³/mol. The maximum absolute atomic E-state index is 5.75. The minimum atomic E-state index is 0.533. The van der Waals surface area contributed by atoms with E-state index in [2.05, 4.69) is 32.3 Å². The number of methoxy groups -OCH3 is 1. The van der Waals surface area contributed by atoms with Gasteiger partial charge in [-0.05, 0) is 52.7 Å². The Morgan fingerprint density at radius 1 is 1.19 bits per heavy atom. The zero-order chi connectivity index (χ0) is 15.1. The van der Waals surface area contributed by atoms with Gasteiger partial charge < -0.3 is 14.8 Å². The summed E-state index contributed by atoms with van der Waals surface area (Å²) in [6.45, 7) is 3.80. The third kappa shape index (κ3) is 5.02. The molecular formula is C16H19BrN2O2. The summed E-state index contributed by atoms with van der Waals surface area (Å²) >= 11 is 3.38. The van der Waals surface area contributed by atoms with Crippen LogP contribution in [0.2, 0.25) is 0 Å². The van der Waals surface area contributed by atoms with Gasteiger partial charge in [0.05, 0.1) is 24.5 Å². The molecule has 0 aliphatic carbocycles. The first-order valence-corrected chi connectivity index (χ1v) is 7.55. The highest BCUT2D eigenvalue weighted by Gasteiger charge is 2.05. The fourth-order valence-electron chi connectivity index (χ4n) is 1.83. The fraction of sp³-hybridized carbons (Fsp3) is 0.312. The van der Waals surface area contributed by atoms with E-state index < -0.39 is 0 Å². The average molecular weight is 351 g/mol. The Kier molecular flexibility index (Phi) is 6.02. The van der Waals surface area contributed by atoms with Crippen LogP contribution < -0.4 is 10.1 Å². The number of pyridine rings is 1. The molecule has 0 atom stereocenters. The van der Waals surface area contributed by atoms with Crippen LogP contribution in [0.5, 0.6) is 5.75 Å². The normalized spacial score (nSPS) is 10.4. The summed E-state index contributed by atoms with van der Waals surface area (Å²) in [7, 11) is 1.66. The van der Waals surface area contributed by atoms with Crippen molar-refractivity contribution >= 4 is 21.6 Å². The molecule has 1 N–H and O–H groups in total. The lowest BCUT2D eigenvalue weighted by atomic mass is 10.2. The van der Waals surface area contributed by atoms with Crippen molar-refractivity contribution in [3.05, 3.63) is 52.3 Å². The van der Waals surface area contributed by atoms with Crippen molar-refractivity contribution in [2.45, 2.75) is 13.5 Å². The average Bonchev–Trinajstić information content (AvgIpc) is 2.48. The number of hydrogen-bond donors (Lipinski definition) is 1. The predicted octanol–water partition coefficient (Wildman–Crippen LogP) is 3.79. The Bertz CT molecular complexity index is 573. The molecule has 0 aliphatic rings. The van der Waals surface area contributed by atoms with Gasteiger partial charge in [-0.3, -0.25) is 4.98 Å². The van der Waals surface area contributed by atoms with Crippen LogP contribution in [0.4, 0.5) is 5.69 Å². The lowest BCUT2D eigenvalue weighted by Crippen LogP contribution is -2.08. The van der Waals surface area contributed by atoms with Crippen molar-refractivity contribution in [3.8, 4) is 5.75 Å². The molecule has 0 radical (unpaired) electrons. The number of anilines is 1. The monoisotopic (exact) mass is 350 g/mol. The number of ether oxygens (including phenoxy) is 2. The van der Waals surface area contributed by atoms with Crippen molar-refractivity contribution in [1.29, 1.82) is 0 Å². The van der Waals surface area contributed by atoms with Crippen molar-refractivity contribution in [3.63, 3.8) is 0 Å². The summed E-state index contributed by atoms with van der Waals surface area (Å²) in [5.74, 6) is 0.837. The van der Waals surface area contributed by atoms with Crippen LogP contribution in [0.1, 0.15) is 11.3 Å². The van der Waals surface area contributed by atoms with Gasteiger partial charge in [-0.1, -0.05) is 6.07 Å². The number of rotatable bonds is 7. The summed E-state index contributed by atoms with van der Waals surface area (Å²) < 4.78 is 11.7. The van der Waals surface area contributed by atoms with Gasteiger partial charge >= 0.3 is 0 Å². The van der Waals surface area contributed by atoms with Gasteiger partial charge in [0, 0.05) is 17.8 Å². The van der Waals surface area contributed by atoms with E-state index in [-0.39, 0.29) is 0 Å². The number of aromatic nitrogens is 1. The molecule has 0 spiro atoms. The molecule has 0 bridgehead atoms. The fourth-order valence-corrected chi connectivity index (χ4v) is 2.06. The van der Waals surface area contributed by atoms with E-state index in [1.807, 2.05) is 31.2 Å². The lowest BCUT2D eigenvalue weighted by molar-refractivity contribution is 0.146. The second-order valence-electron chi connectivity index (χ2n) is 4.66. The zero-order valence-electron chi connectivity index (χ0n) is 12.2. The molecule has 112 valence electrons. The van der Waals surface area contributed by atoms with Crippen LogP contribution in [-0.2, 0) is 11.3 Å². The van der Waals surface area contributed by atoms with E-state index in [0.717, 1.165) is 27.2 Å². The largest absolute Gasteiger partial charge is 0.489 e. The maximum Gasteiger partial charge on any atom is 0.142 e. The molecule has 0 unspecified atom stereocenters. The third-order valence-electron chi connectivity index (χ3n) is 2.93. The van der Waals surface area contributed by atoms with E-state index in [4.69, 9.17) is 9.47 Å². The maximum atomic E-state index is 5.75. The molecule has 2 rings (SSSR count). The van der Waals surface area contributed by atoms with Crippen LogP contribution in [0.15, 0.2) is 41.0 Å². The van der Waals surface area contributed by atoms with Crippen LogP contribution in [0.25, 0.3) is 0 Å². The molecule has 21 heavy (non-hydrogen) atoms. The van der Waals surface area contributed by atoms with Crippen molar-refractivity contribution in [2.24, 2.45) is 0 Å². The number of benzene rings is 1. The van der Waals surface area contributed by atoms with Crippen LogP contribution >= 0.6 is 15.9 Å². The highest BCUT2D eigenvalue weighted by atomic mass is 79.9. The summed E-state index contributed by atoms with van der Waals surface area (Å²) in [6.07, 6.45) is 1.79. The molecule has 1 aromatic carbocycles. The van der Waals surface area contributed by atoms with Gasteiger partial charge in [0.2, 0.25) is 0 Å². The van der Waals surface area contributed by atoms with E-state index in [9.17, 15) is 0 Å². The minimum Gasteiger partial charge on any atom is -0.489 e. The number of nitrogens with one attached hydrogen (secondary N) is 1. The van der Waals surface area contributed by atoms with Crippen LogP contribution in [-0.4, -0.2) is 25.3 Å². The highest BCUT2D eigenvalue weighted by molar-refractivity contribution is 9.10. The highest BCUT2D eigenvalue weighted by Crippen LogP contribution is 2.26. The molecule has 0 amide bonds. The first kappa shape index (κ1) is 15.8.